The lowest BCUT2D eigenvalue weighted by atomic mass is 10.0. The molecule has 0 spiro atoms. The number of rotatable bonds is 10. The number of hydrogen-bond donors (Lipinski definition) is 1. The number of nitrogens with one attached hydrogen (secondary N) is 1. The summed E-state index contributed by atoms with van der Waals surface area (Å²) in [5.41, 5.74) is 1.95. The van der Waals surface area contributed by atoms with Gasteiger partial charge in [-0.15, -0.1) is 0 Å². The van der Waals surface area contributed by atoms with Crippen molar-refractivity contribution in [2.45, 2.75) is 66.0 Å². The molecule has 0 unspecified atom stereocenters. The first-order chi connectivity index (χ1) is 12.9. The molecule has 2 rings (SSSR count). The Bertz CT molecular complexity index is 770. The van der Waals surface area contributed by atoms with Gasteiger partial charge in [-0.25, -0.2) is 9.78 Å². The van der Waals surface area contributed by atoms with Crippen LogP contribution in [-0.4, -0.2) is 39.1 Å². The van der Waals surface area contributed by atoms with E-state index in [2.05, 4.69) is 19.9 Å². The fourth-order valence-electron chi connectivity index (χ4n) is 3.13. The SMILES string of the molecule is CCOC(=O)[C@H](CC(C)C)NC(=O)CCCCn1c(C)nc2cnccc21. The number of nitrogens with zero attached hydrogens (tertiary/aromatic N) is 3. The average molecular weight is 374 g/mol. The van der Waals surface area contributed by atoms with Gasteiger partial charge >= 0.3 is 5.97 Å². The van der Waals surface area contributed by atoms with Crippen molar-refractivity contribution in [3.63, 3.8) is 0 Å². The van der Waals surface area contributed by atoms with E-state index in [4.69, 9.17) is 4.74 Å². The van der Waals surface area contributed by atoms with Crippen LogP contribution in [0.5, 0.6) is 0 Å². The van der Waals surface area contributed by atoms with Crippen molar-refractivity contribution in [2.24, 2.45) is 5.92 Å². The Morgan fingerprint density at radius 1 is 1.30 bits per heavy atom. The van der Waals surface area contributed by atoms with E-state index >= 15 is 0 Å². The molecule has 2 aromatic heterocycles. The maximum atomic E-state index is 12.2. The number of unbranched alkanes of at least 4 members (excludes halogenated alkanes) is 1. The fraction of sp³-hybridized carbons (Fsp3) is 0.600. The van der Waals surface area contributed by atoms with Crippen LogP contribution in [0.4, 0.5) is 0 Å². The van der Waals surface area contributed by atoms with E-state index < -0.39 is 6.04 Å². The lowest BCUT2D eigenvalue weighted by Gasteiger charge is -2.19. The molecule has 1 atom stereocenters. The molecule has 7 nitrogen and oxygen atoms in total. The molecule has 7 heteroatoms. The van der Waals surface area contributed by atoms with E-state index in [0.29, 0.717) is 25.4 Å². The summed E-state index contributed by atoms with van der Waals surface area (Å²) in [7, 11) is 0. The Kier molecular flexibility index (Phi) is 7.76. The van der Waals surface area contributed by atoms with Crippen LogP contribution in [0.3, 0.4) is 0 Å². The second-order valence-corrected chi connectivity index (χ2v) is 7.13. The highest BCUT2D eigenvalue weighted by Crippen LogP contribution is 2.15. The molecule has 0 bridgehead atoms. The number of carbonyl (C=O) groups excluding carboxylic acids is 2. The molecule has 0 radical (unpaired) electrons. The third-order valence-corrected chi connectivity index (χ3v) is 4.39. The van der Waals surface area contributed by atoms with Gasteiger partial charge in [0.15, 0.2) is 0 Å². The Morgan fingerprint density at radius 2 is 2.07 bits per heavy atom. The quantitative estimate of drug-likeness (QED) is 0.510. The van der Waals surface area contributed by atoms with Gasteiger partial charge in [-0.2, -0.15) is 0 Å². The zero-order valence-corrected chi connectivity index (χ0v) is 16.7. The number of imidazole rings is 1. The van der Waals surface area contributed by atoms with Crippen LogP contribution in [0.25, 0.3) is 11.0 Å². The second kappa shape index (κ2) is 10.0. The third-order valence-electron chi connectivity index (χ3n) is 4.39. The maximum Gasteiger partial charge on any atom is 0.328 e. The lowest BCUT2D eigenvalue weighted by Crippen LogP contribution is -2.42. The van der Waals surface area contributed by atoms with E-state index in [1.165, 1.54) is 0 Å². The zero-order chi connectivity index (χ0) is 19.8. The molecule has 0 fully saturated rings. The number of esters is 1. The van der Waals surface area contributed by atoms with Crippen molar-refractivity contribution in [1.82, 2.24) is 19.9 Å². The maximum absolute atomic E-state index is 12.2. The Morgan fingerprint density at radius 3 is 2.78 bits per heavy atom. The minimum Gasteiger partial charge on any atom is -0.464 e. The van der Waals surface area contributed by atoms with Gasteiger partial charge in [0.1, 0.15) is 17.4 Å². The Labute approximate surface area is 160 Å². The highest BCUT2D eigenvalue weighted by molar-refractivity contribution is 5.84. The minimum absolute atomic E-state index is 0.106. The van der Waals surface area contributed by atoms with Gasteiger partial charge in [0, 0.05) is 19.2 Å². The van der Waals surface area contributed by atoms with Crippen molar-refractivity contribution >= 4 is 22.9 Å². The summed E-state index contributed by atoms with van der Waals surface area (Å²) >= 11 is 0. The molecule has 1 N–H and O–H groups in total. The van der Waals surface area contributed by atoms with Gasteiger partial charge in [0.25, 0.3) is 0 Å². The normalized spacial score (nSPS) is 12.3. The van der Waals surface area contributed by atoms with Crippen LogP contribution in [-0.2, 0) is 20.9 Å². The number of amides is 1. The van der Waals surface area contributed by atoms with E-state index in [-0.39, 0.29) is 11.9 Å². The summed E-state index contributed by atoms with van der Waals surface area (Å²) in [5, 5.41) is 2.83. The molecular weight excluding hydrogens is 344 g/mol. The Hall–Kier alpha value is -2.44. The van der Waals surface area contributed by atoms with E-state index in [9.17, 15) is 9.59 Å². The van der Waals surface area contributed by atoms with Gasteiger partial charge in [-0.1, -0.05) is 13.8 Å². The first-order valence-electron chi connectivity index (χ1n) is 9.65. The number of hydrogen-bond acceptors (Lipinski definition) is 5. The molecule has 0 aliphatic rings. The molecular formula is C20H30N4O3. The molecule has 2 heterocycles. The molecule has 0 aliphatic carbocycles. The number of aromatic nitrogens is 3. The van der Waals surface area contributed by atoms with Crippen LogP contribution in [0.1, 0.15) is 52.3 Å². The van der Waals surface area contributed by atoms with Gasteiger partial charge < -0.3 is 14.6 Å². The lowest BCUT2D eigenvalue weighted by molar-refractivity contribution is -0.147. The number of aryl methyl sites for hydroxylation is 2. The molecule has 1 amide bonds. The van der Waals surface area contributed by atoms with Gasteiger partial charge in [0.05, 0.1) is 18.3 Å². The molecule has 2 aromatic rings. The first kappa shape index (κ1) is 20.9. The van der Waals surface area contributed by atoms with Crippen LogP contribution in [0.15, 0.2) is 18.5 Å². The van der Waals surface area contributed by atoms with Crippen molar-refractivity contribution < 1.29 is 14.3 Å². The van der Waals surface area contributed by atoms with Gasteiger partial charge in [0.2, 0.25) is 5.91 Å². The highest BCUT2D eigenvalue weighted by atomic mass is 16.5. The standard InChI is InChI=1S/C20H30N4O3/c1-5-27-20(26)16(12-14(2)3)23-19(25)8-6-7-11-24-15(4)22-17-13-21-10-9-18(17)24/h9-10,13-14,16H,5-8,11-12H2,1-4H3,(H,23,25)/t16-/m0/s1. The molecule has 0 aromatic carbocycles. The number of pyridine rings is 1. The van der Waals surface area contributed by atoms with Crippen LogP contribution in [0.2, 0.25) is 0 Å². The van der Waals surface area contributed by atoms with Crippen molar-refractivity contribution in [3.8, 4) is 0 Å². The van der Waals surface area contributed by atoms with Crippen LogP contribution in [0, 0.1) is 12.8 Å². The summed E-state index contributed by atoms with van der Waals surface area (Å²) in [5.74, 6) is 0.784. The topological polar surface area (TPSA) is 86.1 Å². The average Bonchev–Trinajstić information content (AvgIpc) is 2.93. The van der Waals surface area contributed by atoms with Crippen LogP contribution < -0.4 is 5.32 Å². The first-order valence-corrected chi connectivity index (χ1v) is 9.65. The fourth-order valence-corrected chi connectivity index (χ4v) is 3.13. The van der Waals surface area contributed by atoms with E-state index in [1.807, 2.05) is 26.8 Å². The third kappa shape index (κ3) is 6.05. The monoisotopic (exact) mass is 374 g/mol. The highest BCUT2D eigenvalue weighted by Gasteiger charge is 2.22. The molecule has 0 saturated heterocycles. The van der Waals surface area contributed by atoms with Crippen molar-refractivity contribution in [3.05, 3.63) is 24.3 Å². The van der Waals surface area contributed by atoms with Crippen molar-refractivity contribution in [2.75, 3.05) is 6.61 Å². The molecule has 148 valence electrons. The number of ether oxygens (including phenoxy) is 1. The van der Waals surface area contributed by atoms with Gasteiger partial charge in [-0.3, -0.25) is 9.78 Å². The minimum atomic E-state index is -0.565. The van der Waals surface area contributed by atoms with Crippen molar-refractivity contribution in [1.29, 1.82) is 0 Å². The summed E-state index contributed by atoms with van der Waals surface area (Å²) in [4.78, 5) is 32.8. The number of carbonyl (C=O) groups is 2. The molecule has 0 saturated carbocycles. The Balaban J connectivity index is 1.82. The van der Waals surface area contributed by atoms with E-state index in [0.717, 1.165) is 36.2 Å². The molecule has 27 heavy (non-hydrogen) atoms. The van der Waals surface area contributed by atoms with E-state index in [1.54, 1.807) is 19.3 Å². The summed E-state index contributed by atoms with van der Waals surface area (Å²) < 4.78 is 7.21. The second-order valence-electron chi connectivity index (χ2n) is 7.13. The van der Waals surface area contributed by atoms with Crippen LogP contribution >= 0.6 is 0 Å². The summed E-state index contributed by atoms with van der Waals surface area (Å²) in [6.45, 7) is 8.90. The summed E-state index contributed by atoms with van der Waals surface area (Å²) in [6.07, 6.45) is 6.10. The smallest absolute Gasteiger partial charge is 0.328 e. The summed E-state index contributed by atoms with van der Waals surface area (Å²) in [6, 6.07) is 1.39. The number of fused-ring (bicyclic) bond motifs is 1. The zero-order valence-electron chi connectivity index (χ0n) is 16.7. The largest absolute Gasteiger partial charge is 0.464 e. The predicted molar refractivity (Wildman–Crippen MR) is 104 cm³/mol. The van der Waals surface area contributed by atoms with Gasteiger partial charge in [-0.05, 0) is 45.1 Å². The predicted octanol–water partition coefficient (Wildman–Crippen LogP) is 3.00. The molecule has 0 aliphatic heterocycles.